The fraction of sp³-hybridized carbons (Fsp3) is 0.222. The summed E-state index contributed by atoms with van der Waals surface area (Å²) < 4.78 is 0. The lowest BCUT2D eigenvalue weighted by molar-refractivity contribution is 0.353. The number of aliphatic imine (C=N–C) groups is 4. The van der Waals surface area contributed by atoms with Gasteiger partial charge in [-0.15, -0.1) is 0 Å². The topological polar surface area (TPSA) is 62.4 Å². The van der Waals surface area contributed by atoms with Crippen molar-refractivity contribution in [1.29, 1.82) is 0 Å². The van der Waals surface area contributed by atoms with Gasteiger partial charge in [0.1, 0.15) is 23.3 Å². The van der Waals surface area contributed by atoms with Gasteiger partial charge in [-0.25, -0.2) is 20.0 Å². The van der Waals surface area contributed by atoms with Crippen molar-refractivity contribution in [3.8, 4) is 0 Å². The number of amidine groups is 4. The summed E-state index contributed by atoms with van der Waals surface area (Å²) in [6.45, 7) is 0. The maximum atomic E-state index is 5.49. The number of rotatable bonds is 0. The third-order valence-electron chi connectivity index (χ3n) is 9.70. The summed E-state index contributed by atoms with van der Waals surface area (Å²) in [4.78, 5) is 30.8. The lowest BCUT2D eigenvalue weighted by atomic mass is 10.1. The molecule has 0 fully saturated rings. The van der Waals surface area contributed by atoms with Crippen molar-refractivity contribution in [1.82, 2.24) is 19.6 Å². The molecule has 8 nitrogen and oxygen atoms in total. The van der Waals surface area contributed by atoms with E-state index in [9.17, 15) is 0 Å². The van der Waals surface area contributed by atoms with Crippen LogP contribution in [-0.2, 0) is 0 Å². The Balaban J connectivity index is 1.34. The summed E-state index contributed by atoms with van der Waals surface area (Å²) >= 11 is 0. The van der Waals surface area contributed by atoms with Gasteiger partial charge in [-0.2, -0.15) is 0 Å². The van der Waals surface area contributed by atoms with Crippen LogP contribution in [0.2, 0.25) is 0 Å². The van der Waals surface area contributed by atoms with Gasteiger partial charge in [0.05, 0.1) is 0 Å². The molecular formula is C36H32N8. The first-order valence-electron chi connectivity index (χ1n) is 15.1. The zero-order valence-corrected chi connectivity index (χ0v) is 25.1. The average Bonchev–Trinajstić information content (AvgIpc) is 3.67. The fourth-order valence-corrected chi connectivity index (χ4v) is 7.49. The van der Waals surface area contributed by atoms with Crippen molar-refractivity contribution in [2.24, 2.45) is 20.0 Å². The molecular weight excluding hydrogens is 544 g/mol. The summed E-state index contributed by atoms with van der Waals surface area (Å²) in [5.41, 5.74) is 9.07. The van der Waals surface area contributed by atoms with Crippen LogP contribution in [0, 0.1) is 0 Å². The van der Waals surface area contributed by atoms with Crippen LogP contribution in [0.5, 0.6) is 0 Å². The van der Waals surface area contributed by atoms with E-state index < -0.39 is 0 Å². The normalized spacial score (nSPS) is 24.3. The van der Waals surface area contributed by atoms with Crippen LogP contribution in [0.15, 0.2) is 117 Å². The first kappa shape index (κ1) is 25.3. The lowest BCUT2D eigenvalue weighted by Gasteiger charge is -2.27. The molecule has 0 spiro atoms. The van der Waals surface area contributed by atoms with Crippen LogP contribution in [0.4, 0.5) is 0 Å². The SMILES string of the molecule is CN1C2=NC3c4ccccc4C(=NC4c5ccccc5C(=NC5c6ccccc6C(=NC1c1ccccc12)N5C)N4C)N3C. The van der Waals surface area contributed by atoms with Crippen LogP contribution in [0.3, 0.4) is 0 Å². The summed E-state index contributed by atoms with van der Waals surface area (Å²) in [5, 5.41) is 0. The molecule has 0 radical (unpaired) electrons. The van der Waals surface area contributed by atoms with Crippen LogP contribution < -0.4 is 0 Å². The molecule has 4 unspecified atom stereocenters. The minimum Gasteiger partial charge on any atom is -0.334 e. The van der Waals surface area contributed by atoms with E-state index in [0.29, 0.717) is 0 Å². The fourth-order valence-electron chi connectivity index (χ4n) is 7.49. The molecule has 0 N–H and O–H groups in total. The Morgan fingerprint density at radius 1 is 0.341 bits per heavy atom. The summed E-state index contributed by atoms with van der Waals surface area (Å²) in [5.74, 6) is 3.74. The average molecular weight is 577 g/mol. The molecule has 0 amide bonds. The molecule has 9 rings (SSSR count). The first-order valence-corrected chi connectivity index (χ1v) is 15.1. The molecule has 4 aromatic carbocycles. The van der Waals surface area contributed by atoms with E-state index >= 15 is 0 Å². The Bertz CT molecular complexity index is 1700. The summed E-state index contributed by atoms with van der Waals surface area (Å²) in [6.07, 6.45) is -0.874. The minimum absolute atomic E-state index is 0.218. The number of nitrogens with zero attached hydrogens (tertiary/aromatic N) is 8. The van der Waals surface area contributed by atoms with Gasteiger partial charge in [-0.3, -0.25) is 0 Å². The van der Waals surface area contributed by atoms with E-state index in [4.69, 9.17) is 20.0 Å². The van der Waals surface area contributed by atoms with E-state index in [2.05, 4.69) is 145 Å². The third kappa shape index (κ3) is 3.33. The maximum Gasteiger partial charge on any atom is 0.151 e. The van der Waals surface area contributed by atoms with Crippen molar-refractivity contribution >= 4 is 23.3 Å². The van der Waals surface area contributed by atoms with E-state index in [1.165, 1.54) is 0 Å². The Morgan fingerprint density at radius 2 is 0.545 bits per heavy atom. The zero-order chi connectivity index (χ0) is 29.7. The Labute approximate surface area is 257 Å². The number of hydrogen-bond acceptors (Lipinski definition) is 8. The molecule has 8 heteroatoms. The zero-order valence-electron chi connectivity index (χ0n) is 25.1. The van der Waals surface area contributed by atoms with Crippen molar-refractivity contribution in [3.63, 3.8) is 0 Å². The number of benzene rings is 4. The van der Waals surface area contributed by atoms with Crippen molar-refractivity contribution < 1.29 is 0 Å². The Kier molecular flexibility index (Phi) is 5.24. The smallest absolute Gasteiger partial charge is 0.151 e. The monoisotopic (exact) mass is 576 g/mol. The highest BCUT2D eigenvalue weighted by molar-refractivity contribution is 6.09. The molecule has 5 aliphatic heterocycles. The molecule has 8 bridgehead atoms. The molecule has 0 saturated carbocycles. The first-order chi connectivity index (χ1) is 21.5. The highest BCUT2D eigenvalue weighted by Crippen LogP contribution is 2.44. The minimum atomic E-state index is -0.218. The van der Waals surface area contributed by atoms with Crippen LogP contribution in [-0.4, -0.2) is 71.1 Å². The predicted octanol–water partition coefficient (Wildman–Crippen LogP) is 5.56. The van der Waals surface area contributed by atoms with E-state index in [0.717, 1.165) is 67.9 Å². The van der Waals surface area contributed by atoms with Gasteiger partial charge in [0.15, 0.2) is 24.7 Å². The molecule has 0 saturated heterocycles. The highest BCUT2D eigenvalue weighted by Gasteiger charge is 2.42. The second-order valence-electron chi connectivity index (χ2n) is 12.1. The lowest BCUT2D eigenvalue weighted by Crippen LogP contribution is -2.32. The van der Waals surface area contributed by atoms with Crippen molar-refractivity contribution in [2.75, 3.05) is 28.2 Å². The van der Waals surface area contributed by atoms with Crippen molar-refractivity contribution in [2.45, 2.75) is 24.7 Å². The van der Waals surface area contributed by atoms with Crippen LogP contribution in [0.25, 0.3) is 0 Å². The van der Waals surface area contributed by atoms with Gasteiger partial charge in [-0.05, 0) is 0 Å². The van der Waals surface area contributed by atoms with Gasteiger partial charge in [-0.1, -0.05) is 97.1 Å². The van der Waals surface area contributed by atoms with Gasteiger partial charge in [0, 0.05) is 72.7 Å². The molecule has 4 atom stereocenters. The second-order valence-corrected chi connectivity index (χ2v) is 12.1. The number of fused-ring (bicyclic) bond motifs is 20. The molecule has 4 aromatic rings. The van der Waals surface area contributed by atoms with Gasteiger partial charge in [0.2, 0.25) is 0 Å². The number of hydrogen-bond donors (Lipinski definition) is 0. The van der Waals surface area contributed by atoms with E-state index in [1.807, 2.05) is 0 Å². The van der Waals surface area contributed by atoms with Crippen LogP contribution >= 0.6 is 0 Å². The maximum absolute atomic E-state index is 5.49. The van der Waals surface area contributed by atoms with Crippen LogP contribution in [0.1, 0.15) is 69.2 Å². The van der Waals surface area contributed by atoms with Gasteiger partial charge < -0.3 is 19.6 Å². The molecule has 0 aromatic heterocycles. The van der Waals surface area contributed by atoms with Gasteiger partial charge >= 0.3 is 0 Å². The molecule has 216 valence electrons. The quantitative estimate of drug-likeness (QED) is 0.275. The van der Waals surface area contributed by atoms with E-state index in [-0.39, 0.29) is 24.7 Å². The largest absolute Gasteiger partial charge is 0.334 e. The third-order valence-corrected chi connectivity index (χ3v) is 9.70. The molecule has 0 aliphatic carbocycles. The highest BCUT2D eigenvalue weighted by atomic mass is 15.4. The van der Waals surface area contributed by atoms with E-state index in [1.54, 1.807) is 0 Å². The standard InChI is InChI=1S/C36H32N8/c1-41-29-21-13-5-6-14-22(21)30(41)38-32-24-16-8-10-18-26(24)34(43(32)3)40-36-28-20-12-11-19-27(28)35(44(36)4)39-33-25-17-9-7-15-23(25)31(37-29)42(33)2/h5-20,29,32-33,36H,1-4H3. The molecule has 44 heavy (non-hydrogen) atoms. The van der Waals surface area contributed by atoms with Crippen molar-refractivity contribution in [3.05, 3.63) is 142 Å². The summed E-state index contributed by atoms with van der Waals surface area (Å²) in [7, 11) is 8.43. The Morgan fingerprint density at radius 3 is 0.773 bits per heavy atom. The Hall–Kier alpha value is -5.24. The molecule has 5 heterocycles. The summed E-state index contributed by atoms with van der Waals surface area (Å²) in [6, 6.07) is 34.1. The molecule has 5 aliphatic rings. The predicted molar refractivity (Wildman–Crippen MR) is 174 cm³/mol. The second kappa shape index (κ2) is 9.13. The van der Waals surface area contributed by atoms with Gasteiger partial charge in [0.25, 0.3) is 0 Å².